The molecule has 1 N–H and O–H groups in total. The largest absolute Gasteiger partial charge is 0.447 e. The minimum atomic E-state index is -0.330. The van der Waals surface area contributed by atoms with Gasteiger partial charge in [0.1, 0.15) is 6.61 Å². The van der Waals surface area contributed by atoms with Crippen LogP contribution in [0, 0.1) is 17.8 Å². The quantitative estimate of drug-likeness (QED) is 0.851. The second-order valence-electron chi connectivity index (χ2n) is 7.79. The third kappa shape index (κ3) is 2.48. The molecule has 0 aromatic carbocycles. The third-order valence-corrected chi connectivity index (χ3v) is 6.39. The van der Waals surface area contributed by atoms with Crippen LogP contribution in [0.5, 0.6) is 0 Å². The first-order valence-electron chi connectivity index (χ1n) is 8.89. The zero-order chi connectivity index (χ0) is 15.2. The number of carbonyl (C=O) groups excluding carboxylic acids is 2. The number of rotatable bonds is 2. The predicted molar refractivity (Wildman–Crippen MR) is 81.2 cm³/mol. The molecular formula is C17H26N2O3. The summed E-state index contributed by atoms with van der Waals surface area (Å²) < 4.78 is 4.98. The number of hydrogen-bond donors (Lipinski definition) is 1. The molecule has 4 aliphatic rings. The second kappa shape index (κ2) is 5.43. The Morgan fingerprint density at radius 2 is 1.73 bits per heavy atom. The Bertz CT molecular complexity index is 459. The highest BCUT2D eigenvalue weighted by Gasteiger charge is 2.53. The van der Waals surface area contributed by atoms with Crippen LogP contribution < -0.4 is 5.32 Å². The lowest BCUT2D eigenvalue weighted by Crippen LogP contribution is -2.58. The molecule has 5 heteroatoms. The van der Waals surface area contributed by atoms with Crippen LogP contribution in [0.25, 0.3) is 0 Å². The fourth-order valence-corrected chi connectivity index (χ4v) is 5.05. The Morgan fingerprint density at radius 3 is 2.32 bits per heavy atom. The zero-order valence-electron chi connectivity index (χ0n) is 13.2. The van der Waals surface area contributed by atoms with Crippen LogP contribution in [-0.4, -0.2) is 42.1 Å². The number of nitrogens with one attached hydrogen (secondary N) is 1. The Kier molecular flexibility index (Phi) is 3.54. The molecular weight excluding hydrogens is 280 g/mol. The summed E-state index contributed by atoms with van der Waals surface area (Å²) in [5.41, 5.74) is -0.237. The van der Waals surface area contributed by atoms with Gasteiger partial charge in [-0.1, -0.05) is 25.7 Å². The third-order valence-electron chi connectivity index (χ3n) is 6.39. The van der Waals surface area contributed by atoms with Gasteiger partial charge in [0, 0.05) is 19.0 Å². The highest BCUT2D eigenvalue weighted by Crippen LogP contribution is 2.42. The van der Waals surface area contributed by atoms with Gasteiger partial charge in [-0.3, -0.25) is 4.79 Å². The van der Waals surface area contributed by atoms with Gasteiger partial charge in [0.15, 0.2) is 0 Å². The number of ether oxygens (including phenoxy) is 1. The second-order valence-corrected chi connectivity index (χ2v) is 7.79. The van der Waals surface area contributed by atoms with Gasteiger partial charge in [0.25, 0.3) is 0 Å². The molecule has 2 heterocycles. The molecule has 2 amide bonds. The Balaban J connectivity index is 1.26. The van der Waals surface area contributed by atoms with E-state index in [1.165, 1.54) is 38.5 Å². The highest BCUT2D eigenvalue weighted by molar-refractivity contribution is 5.81. The van der Waals surface area contributed by atoms with Crippen molar-refractivity contribution in [1.82, 2.24) is 10.2 Å². The number of likely N-dealkylation sites (tertiary alicyclic amines) is 1. The molecule has 2 aliphatic carbocycles. The van der Waals surface area contributed by atoms with Gasteiger partial charge in [-0.05, 0) is 37.5 Å². The lowest BCUT2D eigenvalue weighted by Gasteiger charge is -2.45. The summed E-state index contributed by atoms with van der Waals surface area (Å²) in [6.45, 7) is 2.30. The fourth-order valence-electron chi connectivity index (χ4n) is 5.05. The standard InChI is InChI=1S/C17H26N2O3/c20-15(14-9-17(10-14)11-22-16(21)18-17)19-7-5-13(6-8-19)12-3-1-2-4-12/h12-14H,1-11H2,(H,18,21)/t14-,17+. The lowest BCUT2D eigenvalue weighted by atomic mass is 9.68. The van der Waals surface area contributed by atoms with Crippen LogP contribution in [0.2, 0.25) is 0 Å². The number of piperidine rings is 1. The fraction of sp³-hybridized carbons (Fsp3) is 0.882. The smallest absolute Gasteiger partial charge is 0.407 e. The number of amides is 2. The van der Waals surface area contributed by atoms with Crippen LogP contribution in [0.4, 0.5) is 4.79 Å². The predicted octanol–water partition coefficient (Wildman–Crippen LogP) is 2.30. The molecule has 0 unspecified atom stereocenters. The number of alkyl carbamates (subject to hydrolysis) is 1. The van der Waals surface area contributed by atoms with Crippen molar-refractivity contribution in [3.63, 3.8) is 0 Å². The van der Waals surface area contributed by atoms with Crippen molar-refractivity contribution in [3.05, 3.63) is 0 Å². The van der Waals surface area contributed by atoms with E-state index in [9.17, 15) is 9.59 Å². The minimum absolute atomic E-state index is 0.0880. The average molecular weight is 306 g/mol. The molecule has 0 radical (unpaired) electrons. The summed E-state index contributed by atoms with van der Waals surface area (Å²) in [5.74, 6) is 2.17. The van der Waals surface area contributed by atoms with Crippen molar-refractivity contribution in [1.29, 1.82) is 0 Å². The first-order chi connectivity index (χ1) is 10.7. The first-order valence-corrected chi connectivity index (χ1v) is 8.89. The van der Waals surface area contributed by atoms with Crippen molar-refractivity contribution in [2.75, 3.05) is 19.7 Å². The van der Waals surface area contributed by atoms with Crippen molar-refractivity contribution >= 4 is 12.0 Å². The molecule has 122 valence electrons. The molecule has 2 aliphatic heterocycles. The highest BCUT2D eigenvalue weighted by atomic mass is 16.6. The maximum atomic E-state index is 12.6. The SMILES string of the molecule is O=C1N[C@]2(CO1)C[C@H](C(=O)N1CCC(C3CCCC3)CC1)C2. The molecule has 1 spiro atoms. The summed E-state index contributed by atoms with van der Waals surface area (Å²) in [6, 6.07) is 0. The average Bonchev–Trinajstić information content (AvgIpc) is 3.14. The van der Waals surface area contributed by atoms with E-state index < -0.39 is 0 Å². The van der Waals surface area contributed by atoms with Crippen LogP contribution >= 0.6 is 0 Å². The van der Waals surface area contributed by atoms with Crippen LogP contribution in [-0.2, 0) is 9.53 Å². The molecule has 5 nitrogen and oxygen atoms in total. The number of nitrogens with zero attached hydrogens (tertiary/aromatic N) is 1. The first kappa shape index (κ1) is 14.3. The van der Waals surface area contributed by atoms with E-state index in [2.05, 4.69) is 10.2 Å². The van der Waals surface area contributed by atoms with Crippen LogP contribution in [0.3, 0.4) is 0 Å². The number of carbonyl (C=O) groups is 2. The van der Waals surface area contributed by atoms with Crippen molar-refractivity contribution in [3.8, 4) is 0 Å². The van der Waals surface area contributed by atoms with E-state index in [0.717, 1.165) is 37.8 Å². The van der Waals surface area contributed by atoms with Gasteiger partial charge in [-0.15, -0.1) is 0 Å². The molecule has 2 saturated carbocycles. The van der Waals surface area contributed by atoms with Crippen molar-refractivity contribution in [2.24, 2.45) is 17.8 Å². The summed E-state index contributed by atoms with van der Waals surface area (Å²) in [4.78, 5) is 25.8. The van der Waals surface area contributed by atoms with Gasteiger partial charge in [-0.25, -0.2) is 4.79 Å². The zero-order valence-corrected chi connectivity index (χ0v) is 13.2. The summed E-state index contributed by atoms with van der Waals surface area (Å²) in [6.07, 6.45) is 9.17. The number of hydrogen-bond acceptors (Lipinski definition) is 3. The molecule has 0 aromatic rings. The van der Waals surface area contributed by atoms with E-state index in [-0.39, 0.29) is 17.6 Å². The molecule has 0 atom stereocenters. The van der Waals surface area contributed by atoms with Gasteiger partial charge in [0.05, 0.1) is 5.54 Å². The minimum Gasteiger partial charge on any atom is -0.447 e. The maximum Gasteiger partial charge on any atom is 0.407 e. The van der Waals surface area contributed by atoms with E-state index in [0.29, 0.717) is 12.5 Å². The Labute approximate surface area is 131 Å². The number of cyclic esters (lactones) is 1. The van der Waals surface area contributed by atoms with Gasteiger partial charge < -0.3 is 15.0 Å². The lowest BCUT2D eigenvalue weighted by molar-refractivity contribution is -0.142. The molecule has 0 bridgehead atoms. The van der Waals surface area contributed by atoms with Gasteiger partial charge >= 0.3 is 6.09 Å². The topological polar surface area (TPSA) is 58.6 Å². The van der Waals surface area contributed by atoms with E-state index in [4.69, 9.17) is 4.74 Å². The summed E-state index contributed by atoms with van der Waals surface area (Å²) in [5, 5.41) is 2.87. The molecule has 2 saturated heterocycles. The maximum absolute atomic E-state index is 12.6. The monoisotopic (exact) mass is 306 g/mol. The van der Waals surface area contributed by atoms with Crippen molar-refractivity contribution in [2.45, 2.75) is 56.9 Å². The molecule has 0 aromatic heterocycles. The molecule has 4 rings (SSSR count). The Hall–Kier alpha value is -1.26. The normalized spacial score (nSPS) is 36.3. The van der Waals surface area contributed by atoms with E-state index in [1.807, 2.05) is 0 Å². The van der Waals surface area contributed by atoms with Crippen molar-refractivity contribution < 1.29 is 14.3 Å². The van der Waals surface area contributed by atoms with E-state index >= 15 is 0 Å². The molecule has 22 heavy (non-hydrogen) atoms. The Morgan fingerprint density at radius 1 is 1.09 bits per heavy atom. The molecule has 4 fully saturated rings. The van der Waals surface area contributed by atoms with Gasteiger partial charge in [0.2, 0.25) is 5.91 Å². The summed E-state index contributed by atoms with van der Waals surface area (Å²) in [7, 11) is 0. The summed E-state index contributed by atoms with van der Waals surface area (Å²) >= 11 is 0. The van der Waals surface area contributed by atoms with Gasteiger partial charge in [-0.2, -0.15) is 0 Å². The van der Waals surface area contributed by atoms with Crippen LogP contribution in [0.1, 0.15) is 51.4 Å². The van der Waals surface area contributed by atoms with Crippen LogP contribution in [0.15, 0.2) is 0 Å². The van der Waals surface area contributed by atoms with E-state index in [1.54, 1.807) is 0 Å².